The lowest BCUT2D eigenvalue weighted by Gasteiger charge is -2.12. The van der Waals surface area contributed by atoms with Crippen LogP contribution in [0.1, 0.15) is 25.8 Å². The summed E-state index contributed by atoms with van der Waals surface area (Å²) in [6, 6.07) is 5.62. The van der Waals surface area contributed by atoms with Crippen molar-refractivity contribution >= 4 is 12.2 Å². The lowest BCUT2D eigenvalue weighted by atomic mass is 10.1. The van der Waals surface area contributed by atoms with Gasteiger partial charge in [0.1, 0.15) is 0 Å². The number of aromatic amines is 1. The van der Waals surface area contributed by atoms with Gasteiger partial charge in [-0.3, -0.25) is 0 Å². The molecule has 0 saturated heterocycles. The molecule has 1 heterocycles. The van der Waals surface area contributed by atoms with Crippen LogP contribution in [0.4, 0.5) is 5.95 Å². The van der Waals surface area contributed by atoms with E-state index in [-0.39, 0.29) is 0 Å². The summed E-state index contributed by atoms with van der Waals surface area (Å²) in [4.78, 5) is 0. The van der Waals surface area contributed by atoms with Gasteiger partial charge in [0.05, 0.1) is 19.9 Å². The molecule has 0 atom stereocenters. The minimum absolute atomic E-state index is 0.303. The van der Waals surface area contributed by atoms with Gasteiger partial charge in [0.2, 0.25) is 0 Å². The third-order valence-corrected chi connectivity index (χ3v) is 2.86. The molecule has 8 nitrogen and oxygen atoms in total. The number of nitrogens with one attached hydrogen (secondary N) is 2. The standard InChI is InChI=1S/C14H20N6O2/c1-10(2)6-7-22-12-5-4-11(8-13(12)21-3)9-15-16-14-17-19-20-18-14/h4-5,8-10H,6-7H2,1-3H3,(H2,16,17,18,19,20)/b15-9-. The summed E-state index contributed by atoms with van der Waals surface area (Å²) in [6.07, 6.45) is 2.64. The highest BCUT2D eigenvalue weighted by molar-refractivity contribution is 5.81. The van der Waals surface area contributed by atoms with Crippen LogP contribution in [0.2, 0.25) is 0 Å². The number of rotatable bonds is 8. The van der Waals surface area contributed by atoms with E-state index >= 15 is 0 Å². The zero-order chi connectivity index (χ0) is 15.8. The molecule has 2 N–H and O–H groups in total. The average Bonchev–Trinajstić information content (AvgIpc) is 3.01. The fraction of sp³-hybridized carbons (Fsp3) is 0.429. The number of tetrazole rings is 1. The first-order valence-electron chi connectivity index (χ1n) is 7.02. The van der Waals surface area contributed by atoms with E-state index in [1.165, 1.54) is 0 Å². The van der Waals surface area contributed by atoms with Crippen LogP contribution in [-0.4, -0.2) is 40.6 Å². The Bertz CT molecular complexity index is 597. The molecule has 2 rings (SSSR count). The molecule has 1 aromatic carbocycles. The van der Waals surface area contributed by atoms with E-state index < -0.39 is 0 Å². The molecule has 0 unspecified atom stereocenters. The van der Waals surface area contributed by atoms with Crippen LogP contribution in [0, 0.1) is 5.92 Å². The van der Waals surface area contributed by atoms with Crippen LogP contribution in [0.25, 0.3) is 0 Å². The van der Waals surface area contributed by atoms with Gasteiger partial charge in [0.25, 0.3) is 5.95 Å². The van der Waals surface area contributed by atoms with Gasteiger partial charge >= 0.3 is 0 Å². The van der Waals surface area contributed by atoms with E-state index in [2.05, 4.69) is 45.0 Å². The monoisotopic (exact) mass is 304 g/mol. The van der Waals surface area contributed by atoms with Gasteiger partial charge < -0.3 is 9.47 Å². The van der Waals surface area contributed by atoms with E-state index in [0.29, 0.717) is 24.2 Å². The molecule has 0 spiro atoms. The number of anilines is 1. The molecule has 0 radical (unpaired) electrons. The predicted octanol–water partition coefficient (Wildman–Crippen LogP) is 2.08. The quantitative estimate of drug-likeness (QED) is 0.572. The topological polar surface area (TPSA) is 97.3 Å². The van der Waals surface area contributed by atoms with Crippen molar-refractivity contribution in [2.24, 2.45) is 11.0 Å². The molecule has 0 amide bonds. The van der Waals surface area contributed by atoms with Gasteiger partial charge in [0.15, 0.2) is 11.5 Å². The maximum absolute atomic E-state index is 5.74. The largest absolute Gasteiger partial charge is 0.493 e. The highest BCUT2D eigenvalue weighted by Gasteiger charge is 2.05. The highest BCUT2D eigenvalue weighted by Crippen LogP contribution is 2.27. The first-order valence-corrected chi connectivity index (χ1v) is 7.02. The van der Waals surface area contributed by atoms with Crippen molar-refractivity contribution < 1.29 is 9.47 Å². The normalized spacial score (nSPS) is 11.1. The van der Waals surface area contributed by atoms with Crippen molar-refractivity contribution in [3.05, 3.63) is 23.8 Å². The molecule has 2 aromatic rings. The van der Waals surface area contributed by atoms with Crippen molar-refractivity contribution in [2.45, 2.75) is 20.3 Å². The summed E-state index contributed by atoms with van der Waals surface area (Å²) in [6.45, 7) is 4.99. The molecule has 8 heteroatoms. The van der Waals surface area contributed by atoms with Crippen molar-refractivity contribution in [2.75, 3.05) is 19.1 Å². The molecule has 0 aliphatic carbocycles. The minimum atomic E-state index is 0.303. The molecular weight excluding hydrogens is 284 g/mol. The lowest BCUT2D eigenvalue weighted by molar-refractivity contribution is 0.273. The Morgan fingerprint density at radius 1 is 1.36 bits per heavy atom. The van der Waals surface area contributed by atoms with Gasteiger partial charge in [0, 0.05) is 0 Å². The van der Waals surface area contributed by atoms with Crippen molar-refractivity contribution in [1.82, 2.24) is 20.6 Å². The molecule has 118 valence electrons. The third-order valence-electron chi connectivity index (χ3n) is 2.86. The number of hydrazone groups is 1. The van der Waals surface area contributed by atoms with Gasteiger partial charge in [-0.2, -0.15) is 10.3 Å². The smallest absolute Gasteiger partial charge is 0.283 e. The van der Waals surface area contributed by atoms with E-state index in [1.54, 1.807) is 13.3 Å². The van der Waals surface area contributed by atoms with Crippen LogP contribution in [0.15, 0.2) is 23.3 Å². The Labute approximate surface area is 128 Å². The van der Waals surface area contributed by atoms with Crippen LogP contribution in [0.5, 0.6) is 11.5 Å². The van der Waals surface area contributed by atoms with E-state index in [0.717, 1.165) is 17.7 Å². The van der Waals surface area contributed by atoms with Gasteiger partial charge in [-0.05, 0) is 41.3 Å². The number of benzene rings is 1. The minimum Gasteiger partial charge on any atom is -0.493 e. The van der Waals surface area contributed by atoms with E-state index in [1.807, 2.05) is 18.2 Å². The number of ether oxygens (including phenoxy) is 2. The summed E-state index contributed by atoms with van der Waals surface area (Å²) in [7, 11) is 1.61. The molecular formula is C14H20N6O2. The maximum Gasteiger partial charge on any atom is 0.283 e. The fourth-order valence-corrected chi connectivity index (χ4v) is 1.66. The predicted molar refractivity (Wildman–Crippen MR) is 83.3 cm³/mol. The summed E-state index contributed by atoms with van der Waals surface area (Å²) < 4.78 is 11.1. The second kappa shape index (κ2) is 7.96. The lowest BCUT2D eigenvalue weighted by Crippen LogP contribution is -2.03. The van der Waals surface area contributed by atoms with Crippen molar-refractivity contribution in [3.8, 4) is 11.5 Å². The fourth-order valence-electron chi connectivity index (χ4n) is 1.66. The summed E-state index contributed by atoms with van der Waals surface area (Å²) >= 11 is 0. The Morgan fingerprint density at radius 2 is 2.23 bits per heavy atom. The second-order valence-corrected chi connectivity index (χ2v) is 5.05. The molecule has 0 fully saturated rings. The zero-order valence-electron chi connectivity index (χ0n) is 12.9. The Morgan fingerprint density at radius 3 is 2.91 bits per heavy atom. The summed E-state index contributed by atoms with van der Waals surface area (Å²) in [5.74, 6) is 2.31. The first-order chi connectivity index (χ1) is 10.7. The number of hydrogen-bond acceptors (Lipinski definition) is 7. The van der Waals surface area contributed by atoms with Crippen molar-refractivity contribution in [1.29, 1.82) is 0 Å². The van der Waals surface area contributed by atoms with Crippen molar-refractivity contribution in [3.63, 3.8) is 0 Å². The molecule has 0 bridgehead atoms. The number of nitrogens with zero attached hydrogens (tertiary/aromatic N) is 4. The Balaban J connectivity index is 1.97. The average molecular weight is 304 g/mol. The molecule has 0 aliphatic rings. The zero-order valence-corrected chi connectivity index (χ0v) is 12.9. The van der Waals surface area contributed by atoms with Crippen LogP contribution >= 0.6 is 0 Å². The Hall–Kier alpha value is -2.64. The third kappa shape index (κ3) is 4.72. The van der Waals surface area contributed by atoms with Gasteiger partial charge in [-0.15, -0.1) is 5.10 Å². The number of hydrogen-bond donors (Lipinski definition) is 2. The van der Waals surface area contributed by atoms with Crippen LogP contribution < -0.4 is 14.9 Å². The van der Waals surface area contributed by atoms with Gasteiger partial charge in [-0.1, -0.05) is 18.9 Å². The summed E-state index contributed by atoms with van der Waals surface area (Å²) in [5.41, 5.74) is 3.52. The molecule has 1 aromatic heterocycles. The van der Waals surface area contributed by atoms with Gasteiger partial charge in [-0.25, -0.2) is 5.43 Å². The Kier molecular flexibility index (Phi) is 5.70. The maximum atomic E-state index is 5.74. The van der Waals surface area contributed by atoms with Crippen LogP contribution in [-0.2, 0) is 0 Å². The number of methoxy groups -OCH3 is 1. The highest BCUT2D eigenvalue weighted by atomic mass is 16.5. The molecule has 0 aliphatic heterocycles. The van der Waals surface area contributed by atoms with E-state index in [9.17, 15) is 0 Å². The second-order valence-electron chi connectivity index (χ2n) is 5.05. The summed E-state index contributed by atoms with van der Waals surface area (Å²) in [5, 5.41) is 17.2. The first kappa shape index (κ1) is 15.7. The molecule has 0 saturated carbocycles. The molecule has 22 heavy (non-hydrogen) atoms. The number of aromatic nitrogens is 4. The SMILES string of the molecule is COc1cc(/C=N\Nc2nn[nH]n2)ccc1OCCC(C)C. The number of H-pyrrole nitrogens is 1. The van der Waals surface area contributed by atoms with E-state index in [4.69, 9.17) is 9.47 Å². The van der Waals surface area contributed by atoms with Crippen LogP contribution in [0.3, 0.4) is 0 Å².